The molecule has 6 N–H and O–H groups in total. The topological polar surface area (TPSA) is 94.5 Å². The first kappa shape index (κ1) is 16.5. The van der Waals surface area contributed by atoms with E-state index in [0.717, 1.165) is 0 Å². The van der Waals surface area contributed by atoms with E-state index in [9.17, 15) is 0 Å². The number of benzene rings is 1. The summed E-state index contributed by atoms with van der Waals surface area (Å²) >= 11 is 1.49. The van der Waals surface area contributed by atoms with Gasteiger partial charge in [0.25, 0.3) is 0 Å². The molecule has 0 aliphatic carbocycles. The Hall–Kier alpha value is -0.101. The van der Waals surface area contributed by atoms with E-state index in [1.54, 1.807) is 0 Å². The standard InChI is InChI=1S/C6H5.3H2O.Sn/c1-2-4-6-5-3-1;;;;/h1-5H;3*1H2;. The van der Waals surface area contributed by atoms with Gasteiger partial charge in [0.1, 0.15) is 0 Å². The summed E-state index contributed by atoms with van der Waals surface area (Å²) in [6.45, 7) is 0. The second-order valence-electron chi connectivity index (χ2n) is 1.37. The van der Waals surface area contributed by atoms with Crippen molar-refractivity contribution >= 4 is 26.1 Å². The fourth-order valence-corrected chi connectivity index (χ4v) is 0.987. The molecule has 1 rings (SSSR count). The predicted octanol–water partition coefficient (Wildman–Crippen LogP) is -1.99. The van der Waals surface area contributed by atoms with E-state index in [0.29, 0.717) is 0 Å². The Morgan fingerprint density at radius 2 is 1.20 bits per heavy atom. The summed E-state index contributed by atoms with van der Waals surface area (Å²) < 4.78 is 1.41. The van der Waals surface area contributed by atoms with E-state index < -0.39 is 0 Å². The van der Waals surface area contributed by atoms with Gasteiger partial charge in [-0.3, -0.25) is 0 Å². The number of rotatable bonds is 0. The quantitative estimate of drug-likeness (QED) is 0.476. The van der Waals surface area contributed by atoms with E-state index in [1.807, 2.05) is 6.07 Å². The van der Waals surface area contributed by atoms with E-state index in [1.165, 1.54) is 26.1 Å². The predicted molar refractivity (Wildman–Crippen MR) is 42.7 cm³/mol. The van der Waals surface area contributed by atoms with Gasteiger partial charge in [-0.05, 0) is 0 Å². The van der Waals surface area contributed by atoms with Gasteiger partial charge in [0.05, 0.1) is 0 Å². The molecule has 0 aromatic heterocycles. The third kappa shape index (κ3) is 6.03. The molecule has 0 aliphatic heterocycles. The van der Waals surface area contributed by atoms with E-state index in [2.05, 4.69) is 24.3 Å². The molecule has 1 aromatic rings. The van der Waals surface area contributed by atoms with Crippen molar-refractivity contribution in [2.75, 3.05) is 0 Å². The molecule has 0 aliphatic rings. The van der Waals surface area contributed by atoms with Gasteiger partial charge in [-0.25, -0.2) is 0 Å². The van der Waals surface area contributed by atoms with Crippen LogP contribution in [-0.2, 0) is 0 Å². The van der Waals surface area contributed by atoms with Gasteiger partial charge in [0.2, 0.25) is 0 Å². The number of hydrogen-bond acceptors (Lipinski definition) is 0. The van der Waals surface area contributed by atoms with Crippen LogP contribution in [0.15, 0.2) is 30.3 Å². The second-order valence-corrected chi connectivity index (χ2v) is 3.01. The van der Waals surface area contributed by atoms with Gasteiger partial charge in [0, 0.05) is 0 Å². The summed E-state index contributed by atoms with van der Waals surface area (Å²) in [7, 11) is 0. The van der Waals surface area contributed by atoms with Gasteiger partial charge in [-0.1, -0.05) is 0 Å². The summed E-state index contributed by atoms with van der Waals surface area (Å²) in [5, 5.41) is 0. The summed E-state index contributed by atoms with van der Waals surface area (Å²) in [5.41, 5.74) is 0. The molecule has 0 saturated carbocycles. The monoisotopic (exact) mass is 251 g/mol. The second kappa shape index (κ2) is 8.90. The normalized spacial score (nSPS) is 6.10. The van der Waals surface area contributed by atoms with Crippen LogP contribution in [0.4, 0.5) is 0 Å². The Bertz CT molecular complexity index is 143. The summed E-state index contributed by atoms with van der Waals surface area (Å²) in [5.74, 6) is 0. The maximum absolute atomic E-state index is 2.12. The van der Waals surface area contributed by atoms with Crippen LogP contribution in [0.2, 0.25) is 0 Å². The van der Waals surface area contributed by atoms with Crippen LogP contribution in [0.3, 0.4) is 0 Å². The van der Waals surface area contributed by atoms with E-state index in [-0.39, 0.29) is 16.4 Å². The molecule has 0 amide bonds. The molecule has 0 atom stereocenters. The van der Waals surface area contributed by atoms with Gasteiger partial charge < -0.3 is 16.4 Å². The molecule has 4 heteroatoms. The average Bonchev–Trinajstić information content (AvgIpc) is 1.69. The van der Waals surface area contributed by atoms with Crippen molar-refractivity contribution in [3.63, 3.8) is 0 Å². The van der Waals surface area contributed by atoms with Gasteiger partial charge in [-0.15, -0.1) is 0 Å². The molecule has 0 saturated heterocycles. The molecule has 0 spiro atoms. The van der Waals surface area contributed by atoms with E-state index in [4.69, 9.17) is 0 Å². The minimum absolute atomic E-state index is 0. The molecule has 0 bridgehead atoms. The fourth-order valence-electron chi connectivity index (χ4n) is 0.438. The van der Waals surface area contributed by atoms with Crippen molar-refractivity contribution in [3.05, 3.63) is 30.3 Å². The molecular weight excluding hydrogens is 239 g/mol. The molecule has 3 nitrogen and oxygen atoms in total. The van der Waals surface area contributed by atoms with Crippen molar-refractivity contribution in [1.82, 2.24) is 0 Å². The van der Waals surface area contributed by atoms with Crippen molar-refractivity contribution in [2.24, 2.45) is 0 Å². The molecule has 0 unspecified atom stereocenters. The molecule has 10 heavy (non-hydrogen) atoms. The first-order valence-corrected chi connectivity index (χ1v) is 3.59. The van der Waals surface area contributed by atoms with Crippen LogP contribution in [0.1, 0.15) is 0 Å². The zero-order chi connectivity index (χ0) is 5.11. The molecule has 57 valence electrons. The van der Waals surface area contributed by atoms with Crippen LogP contribution in [-0.4, -0.2) is 39.0 Å². The van der Waals surface area contributed by atoms with Gasteiger partial charge in [0.15, 0.2) is 0 Å². The van der Waals surface area contributed by atoms with Crippen molar-refractivity contribution in [2.45, 2.75) is 0 Å². The zero-order valence-electron chi connectivity index (χ0n) is 5.39. The SMILES string of the molecule is O.O.O.[Sn][c]1ccccc1. The Morgan fingerprint density at radius 1 is 0.800 bits per heavy atom. The third-order valence-electron chi connectivity index (χ3n) is 0.774. The summed E-state index contributed by atoms with van der Waals surface area (Å²) in [6.07, 6.45) is 0. The number of hydrogen-bond donors (Lipinski definition) is 0. The van der Waals surface area contributed by atoms with Crippen molar-refractivity contribution in [1.29, 1.82) is 0 Å². The zero-order valence-corrected chi connectivity index (χ0v) is 8.24. The Labute approximate surface area is 73.1 Å². The van der Waals surface area contributed by atoms with Gasteiger partial charge >= 0.3 is 56.4 Å². The van der Waals surface area contributed by atoms with Crippen LogP contribution < -0.4 is 3.58 Å². The van der Waals surface area contributed by atoms with Crippen molar-refractivity contribution < 1.29 is 16.4 Å². The van der Waals surface area contributed by atoms with Crippen LogP contribution in [0.5, 0.6) is 0 Å². The van der Waals surface area contributed by atoms with Crippen LogP contribution >= 0.6 is 0 Å². The van der Waals surface area contributed by atoms with E-state index >= 15 is 0 Å². The van der Waals surface area contributed by atoms with Crippen molar-refractivity contribution in [3.8, 4) is 0 Å². The Kier molecular flexibility index (Phi) is 14.7. The molecule has 3 radical (unpaired) electrons. The Balaban J connectivity index is -0.000000163. The van der Waals surface area contributed by atoms with Gasteiger partial charge in [-0.2, -0.15) is 0 Å². The molecule has 1 aromatic carbocycles. The minimum atomic E-state index is 0. The first-order chi connectivity index (χ1) is 3.39. The Morgan fingerprint density at radius 3 is 1.40 bits per heavy atom. The maximum atomic E-state index is 2.12. The summed E-state index contributed by atoms with van der Waals surface area (Å²) in [6, 6.07) is 10.4. The van der Waals surface area contributed by atoms with Crippen LogP contribution in [0, 0.1) is 0 Å². The molecule has 0 fully saturated rings. The summed E-state index contributed by atoms with van der Waals surface area (Å²) in [4.78, 5) is 0. The first-order valence-electron chi connectivity index (χ1n) is 2.16. The molecule has 0 heterocycles. The average molecular weight is 250 g/mol. The van der Waals surface area contributed by atoms with Crippen LogP contribution in [0.25, 0.3) is 0 Å². The fraction of sp³-hybridized carbons (Fsp3) is 0. The molecular formula is C6H11O3Sn. The third-order valence-corrected chi connectivity index (χ3v) is 1.73.